The molecule has 30 heavy (non-hydrogen) atoms. The molecule has 1 saturated heterocycles. The molecule has 2 aromatic rings. The van der Waals surface area contributed by atoms with Crippen molar-refractivity contribution in [1.82, 2.24) is 14.2 Å². The first kappa shape index (κ1) is 22.1. The van der Waals surface area contributed by atoms with Gasteiger partial charge in [-0.1, -0.05) is 19.1 Å². The number of rotatable bonds is 7. The van der Waals surface area contributed by atoms with E-state index in [4.69, 9.17) is 0 Å². The van der Waals surface area contributed by atoms with Crippen LogP contribution in [-0.4, -0.2) is 42.9 Å². The average Bonchev–Trinajstić information content (AvgIpc) is 3.18. The zero-order chi connectivity index (χ0) is 21.7. The van der Waals surface area contributed by atoms with E-state index < -0.39 is 16.1 Å². The highest BCUT2D eigenvalue weighted by Crippen LogP contribution is 2.19. The Kier molecular flexibility index (Phi) is 6.95. The van der Waals surface area contributed by atoms with E-state index in [0.29, 0.717) is 31.2 Å². The highest BCUT2D eigenvalue weighted by Gasteiger charge is 2.31. The first-order valence-electron chi connectivity index (χ1n) is 10.2. The van der Waals surface area contributed by atoms with Gasteiger partial charge in [0.05, 0.1) is 4.90 Å². The fourth-order valence-electron chi connectivity index (χ4n) is 3.70. The first-order chi connectivity index (χ1) is 14.3. The number of benzene rings is 1. The van der Waals surface area contributed by atoms with Gasteiger partial charge in [0.2, 0.25) is 15.9 Å². The van der Waals surface area contributed by atoms with Gasteiger partial charge < -0.3 is 9.47 Å². The van der Waals surface area contributed by atoms with Crippen molar-refractivity contribution in [3.63, 3.8) is 0 Å². The maximum Gasteiger partial charge on any atom is 0.241 e. The normalized spacial score (nSPS) is 16.2. The molecule has 2 heterocycles. The van der Waals surface area contributed by atoms with Crippen LogP contribution in [0.2, 0.25) is 0 Å². The van der Waals surface area contributed by atoms with E-state index in [1.165, 1.54) is 6.07 Å². The Morgan fingerprint density at radius 2 is 2.00 bits per heavy atom. The lowest BCUT2D eigenvalue weighted by molar-refractivity contribution is -0.134. The van der Waals surface area contributed by atoms with Crippen LogP contribution in [0.5, 0.6) is 0 Å². The Bertz CT molecular complexity index is 1030. The summed E-state index contributed by atoms with van der Waals surface area (Å²) in [5.74, 6) is 0.360. The highest BCUT2D eigenvalue weighted by atomic mass is 32.2. The van der Waals surface area contributed by atoms with Crippen molar-refractivity contribution in [3.05, 3.63) is 53.9 Å². The molecule has 160 valence electrons. The van der Waals surface area contributed by atoms with Crippen LogP contribution in [0.15, 0.2) is 47.5 Å². The number of likely N-dealkylation sites (tertiary alicyclic amines) is 1. The summed E-state index contributed by atoms with van der Waals surface area (Å²) >= 11 is 0. The third kappa shape index (κ3) is 5.29. The van der Waals surface area contributed by atoms with Gasteiger partial charge in [-0.3, -0.25) is 4.79 Å². The number of aryl methyl sites for hydroxylation is 2. The molecule has 1 fully saturated rings. The zero-order valence-corrected chi connectivity index (χ0v) is 18.2. The van der Waals surface area contributed by atoms with Crippen LogP contribution in [0.1, 0.15) is 37.4 Å². The number of nitriles is 1. The molecule has 0 saturated carbocycles. The Morgan fingerprint density at radius 1 is 1.27 bits per heavy atom. The maximum absolute atomic E-state index is 13.2. The van der Waals surface area contributed by atoms with Crippen LogP contribution in [0.25, 0.3) is 0 Å². The molecule has 1 aromatic carbocycles. The zero-order valence-electron chi connectivity index (χ0n) is 17.4. The lowest BCUT2D eigenvalue weighted by atomic mass is 9.98. The van der Waals surface area contributed by atoms with E-state index >= 15 is 0 Å². The fourth-order valence-corrected chi connectivity index (χ4v) is 5.03. The van der Waals surface area contributed by atoms with Gasteiger partial charge in [-0.05, 0) is 61.9 Å². The van der Waals surface area contributed by atoms with Crippen molar-refractivity contribution < 1.29 is 13.2 Å². The lowest BCUT2D eigenvalue weighted by Crippen LogP contribution is -2.50. The van der Waals surface area contributed by atoms with Gasteiger partial charge in [-0.2, -0.15) is 9.98 Å². The molecule has 0 aliphatic carbocycles. The molecule has 7 nitrogen and oxygen atoms in total. The van der Waals surface area contributed by atoms with E-state index in [0.717, 1.165) is 18.4 Å². The molecule has 1 N–H and O–H groups in total. The third-order valence-corrected chi connectivity index (χ3v) is 7.06. The summed E-state index contributed by atoms with van der Waals surface area (Å²) in [6.07, 6.45) is 3.86. The average molecular weight is 429 g/mol. The fraction of sp³-hybridized carbons (Fsp3) is 0.455. The van der Waals surface area contributed by atoms with Crippen LogP contribution in [0, 0.1) is 24.2 Å². The van der Waals surface area contributed by atoms with Crippen molar-refractivity contribution in [2.45, 2.75) is 50.6 Å². The van der Waals surface area contributed by atoms with Crippen LogP contribution in [-0.2, 0) is 21.4 Å². The molecule has 1 aliphatic rings. The number of piperidine rings is 1. The molecule has 8 heteroatoms. The summed E-state index contributed by atoms with van der Waals surface area (Å²) in [6, 6.07) is 11.3. The van der Waals surface area contributed by atoms with E-state index in [-0.39, 0.29) is 17.2 Å². The molecule has 1 amide bonds. The van der Waals surface area contributed by atoms with Crippen molar-refractivity contribution >= 4 is 15.9 Å². The number of aromatic nitrogens is 1. The maximum atomic E-state index is 13.2. The van der Waals surface area contributed by atoms with Crippen LogP contribution >= 0.6 is 0 Å². The highest BCUT2D eigenvalue weighted by molar-refractivity contribution is 7.89. The standard InChI is InChI=1S/C22H28N4O3S/c1-17-8-12-26(13-9-17)22(27)21(10-14-25-11-4-6-19(25)16-23)24-30(28,29)20-7-3-5-18(2)15-20/h3-7,11,15,17,21,24H,8-10,12-14H2,1-2H3. The number of hydrogen-bond acceptors (Lipinski definition) is 4. The Labute approximate surface area is 178 Å². The monoisotopic (exact) mass is 428 g/mol. The molecule has 1 aromatic heterocycles. The molecule has 0 radical (unpaired) electrons. The Hall–Kier alpha value is -2.63. The van der Waals surface area contributed by atoms with Crippen LogP contribution in [0.3, 0.4) is 0 Å². The predicted molar refractivity (Wildman–Crippen MR) is 114 cm³/mol. The van der Waals surface area contributed by atoms with Crippen LogP contribution < -0.4 is 4.72 Å². The van der Waals surface area contributed by atoms with Crippen molar-refractivity contribution in [2.24, 2.45) is 5.92 Å². The second-order valence-corrected chi connectivity index (χ2v) is 9.70. The molecule has 3 rings (SSSR count). The number of nitrogens with one attached hydrogen (secondary N) is 1. The summed E-state index contributed by atoms with van der Waals surface area (Å²) in [5.41, 5.74) is 1.31. The van der Waals surface area contributed by atoms with Gasteiger partial charge in [-0.15, -0.1) is 0 Å². The minimum absolute atomic E-state index is 0.145. The summed E-state index contributed by atoms with van der Waals surface area (Å²) in [7, 11) is -3.85. The van der Waals surface area contributed by atoms with Crippen LogP contribution in [0.4, 0.5) is 0 Å². The van der Waals surface area contributed by atoms with E-state index in [9.17, 15) is 18.5 Å². The molecule has 1 atom stereocenters. The van der Waals surface area contributed by atoms with Gasteiger partial charge in [-0.25, -0.2) is 8.42 Å². The number of sulfonamides is 1. The van der Waals surface area contributed by atoms with Gasteiger partial charge in [0.25, 0.3) is 0 Å². The largest absolute Gasteiger partial charge is 0.341 e. The Balaban J connectivity index is 1.81. The smallest absolute Gasteiger partial charge is 0.241 e. The predicted octanol–water partition coefficient (Wildman–Crippen LogP) is 2.66. The molecular weight excluding hydrogens is 400 g/mol. The van der Waals surface area contributed by atoms with Crippen molar-refractivity contribution in [2.75, 3.05) is 13.1 Å². The van der Waals surface area contributed by atoms with Gasteiger partial charge in [0, 0.05) is 25.8 Å². The van der Waals surface area contributed by atoms with E-state index in [1.807, 2.05) is 13.0 Å². The topological polar surface area (TPSA) is 95.2 Å². The summed E-state index contributed by atoms with van der Waals surface area (Å²) in [5, 5.41) is 9.21. The first-order valence-corrected chi connectivity index (χ1v) is 11.7. The number of nitrogens with zero attached hydrogens (tertiary/aromatic N) is 3. The quantitative estimate of drug-likeness (QED) is 0.733. The minimum atomic E-state index is -3.85. The number of carbonyl (C=O) groups excluding carboxylic acids is 1. The molecular formula is C22H28N4O3S. The van der Waals surface area contributed by atoms with Crippen molar-refractivity contribution in [3.8, 4) is 6.07 Å². The second-order valence-electron chi connectivity index (χ2n) is 7.99. The Morgan fingerprint density at radius 3 is 2.67 bits per heavy atom. The minimum Gasteiger partial charge on any atom is -0.341 e. The molecule has 0 bridgehead atoms. The van der Waals surface area contributed by atoms with E-state index in [2.05, 4.69) is 17.7 Å². The molecule has 1 aliphatic heterocycles. The van der Waals surface area contributed by atoms with E-state index in [1.54, 1.807) is 39.9 Å². The summed E-state index contributed by atoms with van der Waals surface area (Å²) < 4.78 is 30.3. The number of carbonyl (C=O) groups is 1. The molecule has 1 unspecified atom stereocenters. The third-order valence-electron chi connectivity index (χ3n) is 5.59. The van der Waals surface area contributed by atoms with Gasteiger partial charge in [0.1, 0.15) is 17.8 Å². The number of hydrogen-bond donors (Lipinski definition) is 1. The van der Waals surface area contributed by atoms with Crippen molar-refractivity contribution in [1.29, 1.82) is 5.26 Å². The lowest BCUT2D eigenvalue weighted by Gasteiger charge is -2.33. The number of amides is 1. The summed E-state index contributed by atoms with van der Waals surface area (Å²) in [4.78, 5) is 15.1. The second kappa shape index (κ2) is 9.45. The SMILES string of the molecule is Cc1cccc(S(=O)(=O)NC(CCn2cccc2C#N)C(=O)N2CCC(C)CC2)c1. The summed E-state index contributed by atoms with van der Waals surface area (Å²) in [6.45, 7) is 5.62. The van der Waals surface area contributed by atoms with Gasteiger partial charge in [0.15, 0.2) is 0 Å². The molecule has 0 spiro atoms. The van der Waals surface area contributed by atoms with Gasteiger partial charge >= 0.3 is 0 Å².